The number of morpholine rings is 1. The lowest BCUT2D eigenvalue weighted by Crippen LogP contribution is -2.57. The van der Waals surface area contributed by atoms with Gasteiger partial charge < -0.3 is 30.3 Å². The Hall–Kier alpha value is -2.57. The number of aliphatic hydroxyl groups excluding tert-OH is 2. The minimum absolute atomic E-state index is 0.0315. The molecule has 1 saturated carbocycles. The zero-order valence-corrected chi connectivity index (χ0v) is 25.7. The van der Waals surface area contributed by atoms with Crippen LogP contribution in [0.3, 0.4) is 0 Å². The van der Waals surface area contributed by atoms with E-state index in [9.17, 15) is 19.8 Å². The molecule has 10 nitrogen and oxygen atoms in total. The average Bonchev–Trinajstić information content (AvgIpc) is 3.39. The Morgan fingerprint density at radius 3 is 2.62 bits per heavy atom. The van der Waals surface area contributed by atoms with Crippen LogP contribution in [-0.4, -0.2) is 91.1 Å². The zero-order valence-electron chi connectivity index (χ0n) is 24.9. The van der Waals surface area contributed by atoms with Gasteiger partial charge in [0.05, 0.1) is 45.1 Å². The summed E-state index contributed by atoms with van der Waals surface area (Å²) in [4.78, 5) is 34.5. The predicted octanol–water partition coefficient (Wildman–Crippen LogP) is 2.59. The van der Waals surface area contributed by atoms with Crippen LogP contribution in [0.2, 0.25) is 0 Å². The number of aromatic nitrogens is 1. The second kappa shape index (κ2) is 13.0. The molecule has 230 valence electrons. The number of thiazole rings is 1. The Kier molecular flexibility index (Phi) is 9.53. The molecule has 2 aromatic rings. The number of nitrogens with one attached hydrogen (secondary N) is 2. The van der Waals surface area contributed by atoms with Crippen molar-refractivity contribution < 1.29 is 29.3 Å². The van der Waals surface area contributed by atoms with Gasteiger partial charge in [-0.2, -0.15) is 0 Å². The normalized spacial score (nSPS) is 29.3. The van der Waals surface area contributed by atoms with Crippen molar-refractivity contribution in [3.05, 3.63) is 40.4 Å². The van der Waals surface area contributed by atoms with Gasteiger partial charge in [0.2, 0.25) is 11.8 Å². The van der Waals surface area contributed by atoms with E-state index in [2.05, 4.69) is 22.5 Å². The first kappa shape index (κ1) is 30.9. The Bertz CT molecular complexity index is 1250. The van der Waals surface area contributed by atoms with E-state index in [0.29, 0.717) is 24.5 Å². The Morgan fingerprint density at radius 2 is 1.93 bits per heavy atom. The summed E-state index contributed by atoms with van der Waals surface area (Å²) in [6.07, 6.45) is 1.78. The first-order valence-electron chi connectivity index (χ1n) is 14.9. The highest BCUT2D eigenvalue weighted by Crippen LogP contribution is 2.62. The standard InChI is InChI=1S/C31H44N4O6S/c1-30-9-8-25(37)31(2,19-36)24(30)18-23-28(22(30)17-26(38)32-10-11-35-12-14-41-15-13-35)34-29(42-23)33-27(39)16-20-4-6-21(40-3)7-5-20/h4-7,22,24-25,36-37H,8-19H2,1-3H3,(H,32,38)(H,33,34,39)/t22-,24+,25-,30+,31+/m1/s1. The topological polar surface area (TPSA) is 133 Å². The minimum atomic E-state index is -0.697. The number of rotatable bonds is 10. The molecule has 0 bridgehead atoms. The van der Waals surface area contributed by atoms with E-state index in [1.165, 1.54) is 11.3 Å². The largest absolute Gasteiger partial charge is 0.497 e. The van der Waals surface area contributed by atoms with Crippen molar-refractivity contribution >= 4 is 28.3 Å². The van der Waals surface area contributed by atoms with Gasteiger partial charge in [-0.15, -0.1) is 11.3 Å². The monoisotopic (exact) mass is 600 g/mol. The number of anilines is 1. The number of methoxy groups -OCH3 is 1. The first-order chi connectivity index (χ1) is 20.2. The van der Waals surface area contributed by atoms with Gasteiger partial charge in [-0.1, -0.05) is 26.0 Å². The van der Waals surface area contributed by atoms with Crippen LogP contribution >= 0.6 is 11.3 Å². The Labute approximate surface area is 251 Å². The number of carbonyl (C=O) groups is 2. The fourth-order valence-electron chi connectivity index (χ4n) is 7.23. The Morgan fingerprint density at radius 1 is 1.19 bits per heavy atom. The molecule has 4 N–H and O–H groups in total. The SMILES string of the molecule is COc1ccc(CC(=O)Nc2nc3c(s2)C[C@@H]2[C@](C)(CO)[C@H](O)CC[C@@]2(C)[C@@H]3CC(=O)NCCN2CCOCC2)cc1. The summed E-state index contributed by atoms with van der Waals surface area (Å²) in [5, 5.41) is 28.1. The van der Waals surface area contributed by atoms with E-state index in [1.54, 1.807) is 7.11 Å². The summed E-state index contributed by atoms with van der Waals surface area (Å²) in [6.45, 7) is 8.54. The van der Waals surface area contributed by atoms with Crippen molar-refractivity contribution in [2.75, 3.05) is 58.4 Å². The van der Waals surface area contributed by atoms with Gasteiger partial charge >= 0.3 is 0 Å². The molecule has 2 aliphatic carbocycles. The van der Waals surface area contributed by atoms with Crippen LogP contribution in [-0.2, 0) is 27.2 Å². The van der Waals surface area contributed by atoms with Gasteiger partial charge in [-0.05, 0) is 48.3 Å². The van der Waals surface area contributed by atoms with Crippen molar-refractivity contribution in [3.63, 3.8) is 0 Å². The first-order valence-corrected chi connectivity index (χ1v) is 15.8. The number of benzene rings is 1. The molecule has 1 saturated heterocycles. The maximum atomic E-state index is 13.4. The number of carbonyl (C=O) groups excluding carboxylic acids is 2. The van der Waals surface area contributed by atoms with Crippen LogP contribution in [0, 0.1) is 16.7 Å². The fraction of sp³-hybridized carbons (Fsp3) is 0.645. The average molecular weight is 601 g/mol. The maximum Gasteiger partial charge on any atom is 0.230 e. The lowest BCUT2D eigenvalue weighted by atomic mass is 9.47. The van der Waals surface area contributed by atoms with Crippen molar-refractivity contribution in [2.45, 2.75) is 58.0 Å². The summed E-state index contributed by atoms with van der Waals surface area (Å²) < 4.78 is 10.6. The number of fused-ring (bicyclic) bond motifs is 2. The van der Waals surface area contributed by atoms with Crippen LogP contribution in [0.5, 0.6) is 5.75 Å². The Balaban J connectivity index is 1.34. The van der Waals surface area contributed by atoms with Crippen molar-refractivity contribution in [2.24, 2.45) is 16.7 Å². The van der Waals surface area contributed by atoms with Crippen LogP contribution < -0.4 is 15.4 Å². The number of ether oxygens (including phenoxy) is 2. The van der Waals surface area contributed by atoms with Gasteiger partial charge in [-0.3, -0.25) is 14.5 Å². The highest BCUT2D eigenvalue weighted by molar-refractivity contribution is 7.15. The number of hydrogen-bond acceptors (Lipinski definition) is 9. The zero-order chi connectivity index (χ0) is 29.9. The van der Waals surface area contributed by atoms with Gasteiger partial charge in [0.25, 0.3) is 0 Å². The summed E-state index contributed by atoms with van der Waals surface area (Å²) in [5.74, 6) is 0.300. The van der Waals surface area contributed by atoms with E-state index in [1.807, 2.05) is 31.2 Å². The van der Waals surface area contributed by atoms with Crippen LogP contribution in [0.15, 0.2) is 24.3 Å². The molecular formula is C31H44N4O6S. The molecule has 2 amide bonds. The summed E-state index contributed by atoms with van der Waals surface area (Å²) in [5.41, 5.74) is 0.687. The molecule has 2 heterocycles. The van der Waals surface area contributed by atoms with Gasteiger partial charge in [-0.25, -0.2) is 4.98 Å². The third-order valence-electron chi connectivity index (χ3n) is 9.91. The molecule has 2 fully saturated rings. The fourth-order valence-corrected chi connectivity index (χ4v) is 8.31. The second-order valence-electron chi connectivity index (χ2n) is 12.4. The number of hydrogen-bond donors (Lipinski definition) is 4. The smallest absolute Gasteiger partial charge is 0.230 e. The van der Waals surface area contributed by atoms with Gasteiger partial charge in [0.15, 0.2) is 5.13 Å². The molecule has 1 aromatic heterocycles. The summed E-state index contributed by atoms with van der Waals surface area (Å²) in [6, 6.07) is 7.39. The van der Waals surface area contributed by atoms with E-state index < -0.39 is 11.5 Å². The molecule has 11 heteroatoms. The van der Waals surface area contributed by atoms with E-state index in [4.69, 9.17) is 14.5 Å². The van der Waals surface area contributed by atoms with Crippen molar-refractivity contribution in [3.8, 4) is 5.75 Å². The second-order valence-corrected chi connectivity index (χ2v) is 13.5. The molecule has 0 spiro atoms. The molecule has 5 atom stereocenters. The van der Waals surface area contributed by atoms with Crippen LogP contribution in [0.1, 0.15) is 55.2 Å². The third kappa shape index (κ3) is 6.35. The van der Waals surface area contributed by atoms with Crippen LogP contribution in [0.25, 0.3) is 0 Å². The van der Waals surface area contributed by atoms with Crippen LogP contribution in [0.4, 0.5) is 5.13 Å². The maximum absolute atomic E-state index is 13.4. The summed E-state index contributed by atoms with van der Waals surface area (Å²) in [7, 11) is 1.61. The molecule has 5 rings (SSSR count). The third-order valence-corrected chi connectivity index (χ3v) is 10.9. The van der Waals surface area contributed by atoms with Crippen molar-refractivity contribution in [1.82, 2.24) is 15.2 Å². The molecule has 3 aliphatic rings. The molecular weight excluding hydrogens is 556 g/mol. The lowest BCUT2D eigenvalue weighted by molar-refractivity contribution is -0.144. The van der Waals surface area contributed by atoms with Gasteiger partial charge in [0.1, 0.15) is 5.75 Å². The quantitative estimate of drug-likeness (QED) is 0.327. The predicted molar refractivity (Wildman–Crippen MR) is 161 cm³/mol. The molecule has 1 aromatic carbocycles. The van der Waals surface area contributed by atoms with E-state index >= 15 is 0 Å². The summed E-state index contributed by atoms with van der Waals surface area (Å²) >= 11 is 1.44. The molecule has 42 heavy (non-hydrogen) atoms. The highest BCUT2D eigenvalue weighted by Gasteiger charge is 2.59. The number of aliphatic hydroxyl groups is 2. The molecule has 1 aliphatic heterocycles. The highest BCUT2D eigenvalue weighted by atomic mass is 32.1. The molecule has 0 radical (unpaired) electrons. The van der Waals surface area contributed by atoms with E-state index in [0.717, 1.165) is 61.2 Å². The van der Waals surface area contributed by atoms with E-state index in [-0.39, 0.29) is 48.5 Å². The van der Waals surface area contributed by atoms with Crippen molar-refractivity contribution in [1.29, 1.82) is 0 Å². The van der Waals surface area contributed by atoms with Gasteiger partial charge in [0, 0.05) is 48.8 Å². The number of amides is 2. The molecule has 0 unspecified atom stereocenters. The number of nitrogens with zero attached hydrogens (tertiary/aromatic N) is 2. The minimum Gasteiger partial charge on any atom is -0.497 e. The lowest BCUT2D eigenvalue weighted by Gasteiger charge is -2.58.